The summed E-state index contributed by atoms with van der Waals surface area (Å²) in [6, 6.07) is 12.1. The molecule has 1 N–H and O–H groups in total. The molecule has 0 saturated carbocycles. The van der Waals surface area contributed by atoms with Crippen LogP contribution in [0.1, 0.15) is 12.5 Å². The van der Waals surface area contributed by atoms with Crippen molar-refractivity contribution in [3.05, 3.63) is 54.1 Å². The van der Waals surface area contributed by atoms with Crippen LogP contribution in [0.25, 0.3) is 0 Å². The number of ether oxygens (including phenoxy) is 1. The molecule has 29 heavy (non-hydrogen) atoms. The SMILES string of the molecule is COc1ccc(NC(=O)[C@@H](C)N2CCN(c3cccc(C(F)(F)F)c3)CC2)cc1. The number of hydrogen-bond donors (Lipinski definition) is 1. The van der Waals surface area contributed by atoms with Gasteiger partial charge in [0.15, 0.2) is 0 Å². The van der Waals surface area contributed by atoms with Gasteiger partial charge in [0.2, 0.25) is 5.91 Å². The largest absolute Gasteiger partial charge is 0.497 e. The van der Waals surface area contributed by atoms with Crippen molar-refractivity contribution in [1.29, 1.82) is 0 Å². The maximum atomic E-state index is 12.9. The number of nitrogens with one attached hydrogen (secondary N) is 1. The van der Waals surface area contributed by atoms with Gasteiger partial charge in [-0.05, 0) is 49.4 Å². The van der Waals surface area contributed by atoms with Crippen LogP contribution in [-0.4, -0.2) is 50.1 Å². The highest BCUT2D eigenvalue weighted by molar-refractivity contribution is 5.94. The molecule has 1 atom stereocenters. The van der Waals surface area contributed by atoms with E-state index in [4.69, 9.17) is 4.74 Å². The Balaban J connectivity index is 1.56. The fraction of sp³-hybridized carbons (Fsp3) is 0.381. The number of amides is 1. The number of methoxy groups -OCH3 is 1. The molecule has 2 aromatic carbocycles. The first-order valence-corrected chi connectivity index (χ1v) is 9.39. The zero-order valence-corrected chi connectivity index (χ0v) is 16.4. The van der Waals surface area contributed by atoms with E-state index in [0.29, 0.717) is 43.3 Å². The Morgan fingerprint density at radius 1 is 1.07 bits per heavy atom. The van der Waals surface area contributed by atoms with Gasteiger partial charge in [0.1, 0.15) is 5.75 Å². The lowest BCUT2D eigenvalue weighted by Crippen LogP contribution is -2.52. The standard InChI is InChI=1S/C21H24F3N3O2/c1-15(20(28)25-17-6-8-19(29-2)9-7-17)26-10-12-27(13-11-26)18-5-3-4-16(14-18)21(22,23)24/h3-9,14-15H,10-13H2,1-2H3,(H,25,28)/t15-/m1/s1. The molecule has 0 spiro atoms. The summed E-state index contributed by atoms with van der Waals surface area (Å²) < 4.78 is 43.9. The average molecular weight is 407 g/mol. The lowest BCUT2D eigenvalue weighted by atomic mass is 10.1. The Hall–Kier alpha value is -2.74. The number of rotatable bonds is 5. The third-order valence-corrected chi connectivity index (χ3v) is 5.14. The molecule has 1 heterocycles. The van der Waals surface area contributed by atoms with Crippen LogP contribution in [0, 0.1) is 0 Å². The molecular formula is C21H24F3N3O2. The van der Waals surface area contributed by atoms with Crippen LogP contribution < -0.4 is 15.0 Å². The molecular weight excluding hydrogens is 383 g/mol. The molecule has 3 rings (SSSR count). The van der Waals surface area contributed by atoms with Gasteiger partial charge in [-0.3, -0.25) is 9.69 Å². The zero-order valence-electron chi connectivity index (χ0n) is 16.4. The van der Waals surface area contributed by atoms with E-state index in [1.54, 1.807) is 37.4 Å². The quantitative estimate of drug-likeness (QED) is 0.818. The highest BCUT2D eigenvalue weighted by atomic mass is 19.4. The fourth-order valence-electron chi connectivity index (χ4n) is 3.33. The van der Waals surface area contributed by atoms with Gasteiger partial charge in [-0.2, -0.15) is 13.2 Å². The summed E-state index contributed by atoms with van der Waals surface area (Å²) in [4.78, 5) is 16.5. The second-order valence-corrected chi connectivity index (χ2v) is 6.96. The summed E-state index contributed by atoms with van der Waals surface area (Å²) in [6.07, 6.45) is -4.36. The van der Waals surface area contributed by atoms with Gasteiger partial charge in [0, 0.05) is 37.6 Å². The number of benzene rings is 2. The Bertz CT molecular complexity index is 832. The monoisotopic (exact) mass is 407 g/mol. The molecule has 5 nitrogen and oxygen atoms in total. The van der Waals surface area contributed by atoms with Gasteiger partial charge in [-0.15, -0.1) is 0 Å². The molecule has 0 aliphatic carbocycles. The zero-order chi connectivity index (χ0) is 21.0. The summed E-state index contributed by atoms with van der Waals surface area (Å²) in [5.74, 6) is 0.587. The van der Waals surface area contributed by atoms with E-state index in [2.05, 4.69) is 5.32 Å². The van der Waals surface area contributed by atoms with Gasteiger partial charge < -0.3 is 15.0 Å². The number of anilines is 2. The molecule has 1 saturated heterocycles. The minimum Gasteiger partial charge on any atom is -0.497 e. The van der Waals surface area contributed by atoms with E-state index in [9.17, 15) is 18.0 Å². The topological polar surface area (TPSA) is 44.8 Å². The molecule has 0 aromatic heterocycles. The molecule has 1 aliphatic rings. The van der Waals surface area contributed by atoms with E-state index in [-0.39, 0.29) is 11.9 Å². The predicted molar refractivity (Wildman–Crippen MR) is 106 cm³/mol. The third-order valence-electron chi connectivity index (χ3n) is 5.14. The molecule has 1 aliphatic heterocycles. The van der Waals surface area contributed by atoms with E-state index in [1.807, 2.05) is 16.7 Å². The Labute approximate surface area is 168 Å². The number of carbonyl (C=O) groups excluding carboxylic acids is 1. The fourth-order valence-corrected chi connectivity index (χ4v) is 3.33. The van der Waals surface area contributed by atoms with Gasteiger partial charge >= 0.3 is 6.18 Å². The summed E-state index contributed by atoms with van der Waals surface area (Å²) in [6.45, 7) is 4.13. The van der Waals surface area contributed by atoms with E-state index in [1.165, 1.54) is 12.1 Å². The number of halogens is 3. The van der Waals surface area contributed by atoms with Crippen molar-refractivity contribution in [2.75, 3.05) is 43.5 Å². The highest BCUT2D eigenvalue weighted by Crippen LogP contribution is 2.32. The minimum atomic E-state index is -4.36. The second kappa shape index (κ2) is 8.73. The number of hydrogen-bond acceptors (Lipinski definition) is 4. The lowest BCUT2D eigenvalue weighted by molar-refractivity contribution is -0.137. The van der Waals surface area contributed by atoms with Crippen molar-refractivity contribution < 1.29 is 22.7 Å². The van der Waals surface area contributed by atoms with Crippen molar-refractivity contribution in [3.8, 4) is 5.75 Å². The molecule has 0 radical (unpaired) electrons. The van der Waals surface area contributed by atoms with Crippen LogP contribution >= 0.6 is 0 Å². The van der Waals surface area contributed by atoms with Crippen molar-refractivity contribution in [2.24, 2.45) is 0 Å². The molecule has 0 unspecified atom stereocenters. The first-order valence-electron chi connectivity index (χ1n) is 9.39. The predicted octanol–water partition coefficient (Wildman–Crippen LogP) is 3.86. The molecule has 1 fully saturated rings. The van der Waals surface area contributed by atoms with Gasteiger partial charge in [-0.1, -0.05) is 6.07 Å². The summed E-state index contributed by atoms with van der Waals surface area (Å²) in [5, 5.41) is 2.88. The van der Waals surface area contributed by atoms with Crippen LogP contribution in [0.3, 0.4) is 0 Å². The van der Waals surface area contributed by atoms with Gasteiger partial charge in [0.25, 0.3) is 0 Å². The summed E-state index contributed by atoms with van der Waals surface area (Å²) in [5.41, 5.74) is 0.588. The highest BCUT2D eigenvalue weighted by Gasteiger charge is 2.31. The van der Waals surface area contributed by atoms with Crippen molar-refractivity contribution in [1.82, 2.24) is 4.90 Å². The Kier molecular flexibility index (Phi) is 6.32. The van der Waals surface area contributed by atoms with Gasteiger partial charge in [-0.25, -0.2) is 0 Å². The van der Waals surface area contributed by atoms with E-state index in [0.717, 1.165) is 6.07 Å². The smallest absolute Gasteiger partial charge is 0.416 e. The molecule has 2 aromatic rings. The number of piperazine rings is 1. The third kappa shape index (κ3) is 5.20. The van der Waals surface area contributed by atoms with Crippen LogP contribution in [-0.2, 0) is 11.0 Å². The van der Waals surface area contributed by atoms with Crippen LogP contribution in [0.4, 0.5) is 24.5 Å². The number of nitrogens with zero attached hydrogens (tertiary/aromatic N) is 2. The van der Waals surface area contributed by atoms with E-state index >= 15 is 0 Å². The van der Waals surface area contributed by atoms with Crippen molar-refractivity contribution in [3.63, 3.8) is 0 Å². The minimum absolute atomic E-state index is 0.123. The van der Waals surface area contributed by atoms with Crippen LogP contribution in [0.15, 0.2) is 48.5 Å². The van der Waals surface area contributed by atoms with Crippen LogP contribution in [0.5, 0.6) is 5.75 Å². The average Bonchev–Trinajstić information content (AvgIpc) is 2.73. The molecule has 8 heteroatoms. The summed E-state index contributed by atoms with van der Waals surface area (Å²) in [7, 11) is 1.58. The lowest BCUT2D eigenvalue weighted by Gasteiger charge is -2.38. The first-order chi connectivity index (χ1) is 13.8. The maximum Gasteiger partial charge on any atom is 0.416 e. The summed E-state index contributed by atoms with van der Waals surface area (Å²) >= 11 is 0. The maximum absolute atomic E-state index is 12.9. The Morgan fingerprint density at radius 3 is 2.31 bits per heavy atom. The number of carbonyl (C=O) groups is 1. The van der Waals surface area contributed by atoms with Crippen molar-refractivity contribution >= 4 is 17.3 Å². The molecule has 0 bridgehead atoms. The van der Waals surface area contributed by atoms with E-state index < -0.39 is 11.7 Å². The molecule has 1 amide bonds. The van der Waals surface area contributed by atoms with Crippen molar-refractivity contribution in [2.45, 2.75) is 19.1 Å². The molecule has 156 valence electrons. The normalized spacial score (nSPS) is 16.4. The Morgan fingerprint density at radius 2 is 1.72 bits per heavy atom. The van der Waals surface area contributed by atoms with Gasteiger partial charge in [0.05, 0.1) is 18.7 Å². The van der Waals surface area contributed by atoms with Crippen LogP contribution in [0.2, 0.25) is 0 Å². The second-order valence-electron chi connectivity index (χ2n) is 6.96. The first kappa shape index (κ1) is 21.0. The number of alkyl halides is 3.